The van der Waals surface area contributed by atoms with E-state index in [0.717, 1.165) is 51.5 Å². The van der Waals surface area contributed by atoms with Gasteiger partial charge in [-0.1, -0.05) is 30.3 Å². The standard InChI is InChI=1S/C24H31N3O/c1-19(28)26-13-10-21(11-14-26)15-20-4-6-22(7-5-20)17-27(24-8-9-24)18-23-3-2-12-25-16-23/h2-7,12,16,21,24H,8-11,13-15,17-18H2,1H3. The first-order valence-electron chi connectivity index (χ1n) is 10.6. The summed E-state index contributed by atoms with van der Waals surface area (Å²) in [6.45, 7) is 5.51. The van der Waals surface area contributed by atoms with E-state index in [1.165, 1.54) is 29.5 Å². The molecule has 4 rings (SSSR count). The molecule has 1 aromatic carbocycles. The van der Waals surface area contributed by atoms with Gasteiger partial charge < -0.3 is 4.90 Å². The third-order valence-electron chi connectivity index (χ3n) is 6.16. The molecule has 2 aliphatic rings. The molecule has 1 aliphatic heterocycles. The average molecular weight is 378 g/mol. The van der Waals surface area contributed by atoms with E-state index in [1.807, 2.05) is 23.4 Å². The fourth-order valence-corrected chi connectivity index (χ4v) is 4.28. The zero-order valence-corrected chi connectivity index (χ0v) is 16.9. The Kier molecular flexibility index (Phi) is 6.06. The van der Waals surface area contributed by atoms with Crippen LogP contribution in [-0.4, -0.2) is 39.8 Å². The molecular formula is C24H31N3O. The van der Waals surface area contributed by atoms with Gasteiger partial charge >= 0.3 is 0 Å². The summed E-state index contributed by atoms with van der Waals surface area (Å²) in [5.74, 6) is 0.921. The first-order chi connectivity index (χ1) is 13.7. The minimum absolute atomic E-state index is 0.217. The van der Waals surface area contributed by atoms with Crippen molar-refractivity contribution in [3.63, 3.8) is 0 Å². The van der Waals surface area contributed by atoms with Gasteiger partial charge in [0, 0.05) is 51.5 Å². The van der Waals surface area contributed by atoms with Crippen molar-refractivity contribution in [2.75, 3.05) is 13.1 Å². The van der Waals surface area contributed by atoms with Gasteiger partial charge in [0.1, 0.15) is 0 Å². The van der Waals surface area contributed by atoms with Crippen LogP contribution in [0.1, 0.15) is 49.3 Å². The van der Waals surface area contributed by atoms with E-state index in [2.05, 4.69) is 40.2 Å². The Bertz CT molecular complexity index is 762. The van der Waals surface area contributed by atoms with Gasteiger partial charge in [-0.25, -0.2) is 0 Å². The van der Waals surface area contributed by atoms with Crippen LogP contribution in [-0.2, 0) is 24.3 Å². The molecule has 0 spiro atoms. The van der Waals surface area contributed by atoms with Crippen molar-refractivity contribution in [2.24, 2.45) is 5.92 Å². The van der Waals surface area contributed by atoms with Crippen LogP contribution < -0.4 is 0 Å². The fourth-order valence-electron chi connectivity index (χ4n) is 4.28. The van der Waals surface area contributed by atoms with E-state index in [1.54, 1.807) is 6.92 Å². The van der Waals surface area contributed by atoms with Crippen LogP contribution in [0, 0.1) is 5.92 Å². The quantitative estimate of drug-likeness (QED) is 0.730. The van der Waals surface area contributed by atoms with Crippen LogP contribution >= 0.6 is 0 Å². The number of hydrogen-bond donors (Lipinski definition) is 0. The minimum Gasteiger partial charge on any atom is -0.343 e. The van der Waals surface area contributed by atoms with E-state index >= 15 is 0 Å². The molecule has 1 amide bonds. The third-order valence-corrected chi connectivity index (χ3v) is 6.16. The van der Waals surface area contributed by atoms with Crippen molar-refractivity contribution >= 4 is 5.91 Å². The Labute approximate surface area is 168 Å². The molecular weight excluding hydrogens is 346 g/mol. The van der Waals surface area contributed by atoms with Crippen LogP contribution in [0.25, 0.3) is 0 Å². The van der Waals surface area contributed by atoms with Gasteiger partial charge in [0.25, 0.3) is 0 Å². The summed E-state index contributed by atoms with van der Waals surface area (Å²) in [5, 5.41) is 0. The van der Waals surface area contributed by atoms with Crippen molar-refractivity contribution < 1.29 is 4.79 Å². The minimum atomic E-state index is 0.217. The summed E-state index contributed by atoms with van der Waals surface area (Å²) in [4.78, 5) is 20.3. The maximum Gasteiger partial charge on any atom is 0.219 e. The predicted molar refractivity (Wildman–Crippen MR) is 112 cm³/mol. The molecule has 1 saturated carbocycles. The molecule has 2 heterocycles. The Morgan fingerprint density at radius 2 is 1.68 bits per heavy atom. The van der Waals surface area contributed by atoms with Gasteiger partial charge in [-0.3, -0.25) is 14.7 Å². The normalized spacial score (nSPS) is 17.9. The van der Waals surface area contributed by atoms with Gasteiger partial charge in [-0.15, -0.1) is 0 Å². The van der Waals surface area contributed by atoms with Crippen LogP contribution in [0.3, 0.4) is 0 Å². The maximum absolute atomic E-state index is 11.5. The summed E-state index contributed by atoms with van der Waals surface area (Å²) in [7, 11) is 0. The third kappa shape index (κ3) is 5.20. The van der Waals surface area contributed by atoms with Crippen molar-refractivity contribution in [2.45, 2.75) is 58.2 Å². The second-order valence-electron chi connectivity index (χ2n) is 8.47. The highest BCUT2D eigenvalue weighted by Crippen LogP contribution is 2.30. The Morgan fingerprint density at radius 1 is 1.00 bits per heavy atom. The average Bonchev–Trinajstić information content (AvgIpc) is 3.55. The molecule has 0 radical (unpaired) electrons. The first-order valence-corrected chi connectivity index (χ1v) is 10.6. The Hall–Kier alpha value is -2.20. The second-order valence-corrected chi connectivity index (χ2v) is 8.47. The number of aromatic nitrogens is 1. The molecule has 1 aromatic heterocycles. The summed E-state index contributed by atoms with van der Waals surface area (Å²) in [5.41, 5.74) is 4.11. The fraction of sp³-hybridized carbons (Fsp3) is 0.500. The maximum atomic E-state index is 11.5. The lowest BCUT2D eigenvalue weighted by molar-refractivity contribution is -0.130. The Balaban J connectivity index is 1.31. The predicted octanol–water partition coefficient (Wildman–Crippen LogP) is 4.05. The van der Waals surface area contributed by atoms with Crippen molar-refractivity contribution in [1.29, 1.82) is 0 Å². The number of pyridine rings is 1. The lowest BCUT2D eigenvalue weighted by atomic mass is 9.90. The molecule has 0 N–H and O–H groups in total. The lowest BCUT2D eigenvalue weighted by Crippen LogP contribution is -2.37. The molecule has 0 bridgehead atoms. The number of hydrogen-bond acceptors (Lipinski definition) is 3. The van der Waals surface area contributed by atoms with Crippen molar-refractivity contribution in [3.05, 3.63) is 65.5 Å². The van der Waals surface area contributed by atoms with Gasteiger partial charge in [-0.05, 0) is 60.8 Å². The number of carbonyl (C=O) groups excluding carboxylic acids is 1. The molecule has 2 fully saturated rings. The molecule has 1 aliphatic carbocycles. The van der Waals surface area contributed by atoms with E-state index in [9.17, 15) is 4.79 Å². The second kappa shape index (κ2) is 8.87. The molecule has 0 unspecified atom stereocenters. The van der Waals surface area contributed by atoms with Crippen LogP contribution in [0.2, 0.25) is 0 Å². The largest absolute Gasteiger partial charge is 0.343 e. The zero-order valence-electron chi connectivity index (χ0n) is 16.9. The molecule has 28 heavy (non-hydrogen) atoms. The van der Waals surface area contributed by atoms with Crippen molar-refractivity contribution in [1.82, 2.24) is 14.8 Å². The van der Waals surface area contributed by atoms with Gasteiger partial charge in [0.05, 0.1) is 0 Å². The van der Waals surface area contributed by atoms with Gasteiger partial charge in [0.2, 0.25) is 5.91 Å². The number of amides is 1. The summed E-state index contributed by atoms with van der Waals surface area (Å²) in [6.07, 6.45) is 9.84. The number of nitrogens with zero attached hydrogens (tertiary/aromatic N) is 3. The summed E-state index contributed by atoms with van der Waals surface area (Å²) in [6, 6.07) is 14.1. The first kappa shape index (κ1) is 19.1. The number of piperidine rings is 1. The molecule has 1 saturated heterocycles. The monoisotopic (exact) mass is 377 g/mol. The number of rotatable bonds is 7. The molecule has 4 nitrogen and oxygen atoms in total. The Morgan fingerprint density at radius 3 is 2.29 bits per heavy atom. The van der Waals surface area contributed by atoms with E-state index < -0.39 is 0 Å². The topological polar surface area (TPSA) is 36.4 Å². The molecule has 2 aromatic rings. The van der Waals surface area contributed by atoms with Crippen LogP contribution in [0.5, 0.6) is 0 Å². The van der Waals surface area contributed by atoms with E-state index in [-0.39, 0.29) is 5.91 Å². The lowest BCUT2D eigenvalue weighted by Gasteiger charge is -2.31. The number of benzene rings is 1. The van der Waals surface area contributed by atoms with E-state index in [0.29, 0.717) is 5.92 Å². The van der Waals surface area contributed by atoms with Crippen LogP contribution in [0.15, 0.2) is 48.8 Å². The van der Waals surface area contributed by atoms with Crippen molar-refractivity contribution in [3.8, 4) is 0 Å². The number of likely N-dealkylation sites (tertiary alicyclic amines) is 1. The molecule has 148 valence electrons. The molecule has 0 atom stereocenters. The smallest absolute Gasteiger partial charge is 0.219 e. The molecule has 4 heteroatoms. The highest BCUT2D eigenvalue weighted by atomic mass is 16.2. The van der Waals surface area contributed by atoms with Crippen LogP contribution in [0.4, 0.5) is 0 Å². The summed E-state index contributed by atoms with van der Waals surface area (Å²) >= 11 is 0. The summed E-state index contributed by atoms with van der Waals surface area (Å²) < 4.78 is 0. The van der Waals surface area contributed by atoms with Gasteiger partial charge in [-0.2, -0.15) is 0 Å². The van der Waals surface area contributed by atoms with E-state index in [4.69, 9.17) is 0 Å². The SMILES string of the molecule is CC(=O)N1CCC(Cc2ccc(CN(Cc3cccnc3)C3CC3)cc2)CC1. The highest BCUT2D eigenvalue weighted by molar-refractivity contribution is 5.73. The number of carbonyl (C=O) groups is 1. The highest BCUT2D eigenvalue weighted by Gasteiger charge is 2.29. The zero-order chi connectivity index (χ0) is 19.3. The van der Waals surface area contributed by atoms with Gasteiger partial charge in [0.15, 0.2) is 0 Å².